The number of hydrogen-bond acceptors (Lipinski definition) is 2. The second-order valence-electron chi connectivity index (χ2n) is 4.04. The van der Waals surface area contributed by atoms with E-state index in [1.54, 1.807) is 23.9 Å². The molecule has 0 amide bonds. The van der Waals surface area contributed by atoms with Crippen molar-refractivity contribution >= 4 is 11.8 Å². The first-order valence-corrected chi connectivity index (χ1v) is 6.38. The molecule has 1 aromatic carbocycles. The van der Waals surface area contributed by atoms with Gasteiger partial charge >= 0.3 is 0 Å². The average molecular weight is 243 g/mol. The van der Waals surface area contributed by atoms with E-state index >= 15 is 0 Å². The fourth-order valence-corrected chi connectivity index (χ4v) is 3.06. The molecule has 16 heavy (non-hydrogen) atoms. The molecule has 0 radical (unpaired) electrons. The van der Waals surface area contributed by atoms with Gasteiger partial charge in [0.2, 0.25) is 0 Å². The van der Waals surface area contributed by atoms with E-state index < -0.39 is 6.43 Å². The van der Waals surface area contributed by atoms with Crippen molar-refractivity contribution in [1.29, 1.82) is 0 Å². The van der Waals surface area contributed by atoms with Gasteiger partial charge in [-0.3, -0.25) is 0 Å². The van der Waals surface area contributed by atoms with E-state index in [1.165, 1.54) is 6.07 Å². The number of hydrogen-bond donors (Lipinski definition) is 1. The highest BCUT2D eigenvalue weighted by atomic mass is 32.2. The Morgan fingerprint density at radius 2 is 2.25 bits per heavy atom. The van der Waals surface area contributed by atoms with Crippen LogP contribution in [0.3, 0.4) is 0 Å². The lowest BCUT2D eigenvalue weighted by atomic mass is 10.1. The highest BCUT2D eigenvalue weighted by molar-refractivity contribution is 8.00. The monoisotopic (exact) mass is 243 g/mol. The van der Waals surface area contributed by atoms with E-state index in [0.29, 0.717) is 5.25 Å². The van der Waals surface area contributed by atoms with Crippen LogP contribution in [-0.2, 0) is 0 Å². The van der Waals surface area contributed by atoms with Crippen LogP contribution < -0.4 is 5.32 Å². The predicted octanol–water partition coefficient (Wildman–Crippen LogP) is 3.74. The molecule has 0 aliphatic carbocycles. The van der Waals surface area contributed by atoms with Crippen molar-refractivity contribution in [2.45, 2.75) is 30.4 Å². The Balaban J connectivity index is 2.16. The maximum Gasteiger partial charge on any atom is 0.263 e. The summed E-state index contributed by atoms with van der Waals surface area (Å²) in [6, 6.07) is 6.70. The highest BCUT2D eigenvalue weighted by Crippen LogP contribution is 2.35. The van der Waals surface area contributed by atoms with Crippen molar-refractivity contribution in [3.05, 3.63) is 35.4 Å². The Morgan fingerprint density at radius 3 is 2.94 bits per heavy atom. The van der Waals surface area contributed by atoms with Gasteiger partial charge in [-0.05, 0) is 24.6 Å². The van der Waals surface area contributed by atoms with Crippen LogP contribution in [0.4, 0.5) is 8.78 Å². The van der Waals surface area contributed by atoms with Crippen molar-refractivity contribution < 1.29 is 8.78 Å². The number of benzene rings is 1. The Labute approximate surface area is 98.6 Å². The molecule has 2 unspecified atom stereocenters. The third-order valence-corrected chi connectivity index (χ3v) is 4.13. The first-order valence-electron chi connectivity index (χ1n) is 5.43. The smallest absolute Gasteiger partial charge is 0.263 e. The summed E-state index contributed by atoms with van der Waals surface area (Å²) in [7, 11) is 0. The van der Waals surface area contributed by atoms with Crippen LogP contribution in [0.2, 0.25) is 0 Å². The summed E-state index contributed by atoms with van der Waals surface area (Å²) in [5.74, 6) is 0. The van der Waals surface area contributed by atoms with Gasteiger partial charge in [-0.1, -0.05) is 25.1 Å². The van der Waals surface area contributed by atoms with Crippen LogP contribution in [0, 0.1) is 0 Å². The van der Waals surface area contributed by atoms with E-state index in [2.05, 4.69) is 12.2 Å². The van der Waals surface area contributed by atoms with E-state index in [9.17, 15) is 8.78 Å². The zero-order valence-corrected chi connectivity index (χ0v) is 9.94. The van der Waals surface area contributed by atoms with Crippen molar-refractivity contribution in [3.8, 4) is 0 Å². The first-order chi connectivity index (χ1) is 7.66. The third-order valence-electron chi connectivity index (χ3n) is 2.71. The van der Waals surface area contributed by atoms with Gasteiger partial charge in [-0.2, -0.15) is 0 Å². The SMILES string of the molecule is CC1CCNC(c2cccc(C(F)F)c2)S1. The van der Waals surface area contributed by atoms with E-state index in [-0.39, 0.29) is 10.9 Å². The van der Waals surface area contributed by atoms with Crippen LogP contribution in [0.5, 0.6) is 0 Å². The molecule has 4 heteroatoms. The Morgan fingerprint density at radius 1 is 1.44 bits per heavy atom. The van der Waals surface area contributed by atoms with E-state index in [1.807, 2.05) is 6.07 Å². The second-order valence-corrected chi connectivity index (χ2v) is 5.59. The number of alkyl halides is 2. The molecule has 1 N–H and O–H groups in total. The zero-order chi connectivity index (χ0) is 11.5. The molecular formula is C12H15F2NS. The van der Waals surface area contributed by atoms with Gasteiger partial charge in [0.15, 0.2) is 0 Å². The van der Waals surface area contributed by atoms with Crippen LogP contribution in [0.1, 0.15) is 36.3 Å². The van der Waals surface area contributed by atoms with Gasteiger partial charge in [0.25, 0.3) is 6.43 Å². The maximum atomic E-state index is 12.6. The lowest BCUT2D eigenvalue weighted by molar-refractivity contribution is 0.151. The van der Waals surface area contributed by atoms with Crippen LogP contribution in [-0.4, -0.2) is 11.8 Å². The second kappa shape index (κ2) is 5.15. The molecule has 1 aliphatic heterocycles. The van der Waals surface area contributed by atoms with Crippen LogP contribution in [0.15, 0.2) is 24.3 Å². The quantitative estimate of drug-likeness (QED) is 0.849. The minimum Gasteiger partial charge on any atom is -0.302 e. The molecule has 1 saturated heterocycles. The number of nitrogens with one attached hydrogen (secondary N) is 1. The summed E-state index contributed by atoms with van der Waals surface area (Å²) in [4.78, 5) is 0. The minimum absolute atomic E-state index is 0.109. The molecule has 2 rings (SSSR count). The fourth-order valence-electron chi connectivity index (χ4n) is 1.82. The van der Waals surface area contributed by atoms with Gasteiger partial charge < -0.3 is 5.32 Å². The van der Waals surface area contributed by atoms with Crippen molar-refractivity contribution in [3.63, 3.8) is 0 Å². The predicted molar refractivity (Wildman–Crippen MR) is 63.8 cm³/mol. The minimum atomic E-state index is -2.38. The summed E-state index contributed by atoms with van der Waals surface area (Å²) >= 11 is 1.80. The molecule has 1 aromatic rings. The lowest BCUT2D eigenvalue weighted by Crippen LogP contribution is -2.28. The molecule has 0 saturated carbocycles. The van der Waals surface area contributed by atoms with Crippen molar-refractivity contribution in [1.82, 2.24) is 5.32 Å². The lowest BCUT2D eigenvalue weighted by Gasteiger charge is -2.28. The molecule has 0 spiro atoms. The summed E-state index contributed by atoms with van der Waals surface area (Å²) in [6.07, 6.45) is -1.25. The summed E-state index contributed by atoms with van der Waals surface area (Å²) in [6.45, 7) is 3.13. The molecule has 0 bridgehead atoms. The molecule has 1 nitrogen and oxygen atoms in total. The molecule has 1 fully saturated rings. The number of rotatable bonds is 2. The first kappa shape index (κ1) is 11.9. The maximum absolute atomic E-state index is 12.6. The summed E-state index contributed by atoms with van der Waals surface area (Å²) < 4.78 is 25.1. The molecular weight excluding hydrogens is 228 g/mol. The molecule has 0 aromatic heterocycles. The number of thioether (sulfide) groups is 1. The topological polar surface area (TPSA) is 12.0 Å². The van der Waals surface area contributed by atoms with Gasteiger partial charge in [-0.15, -0.1) is 11.8 Å². The van der Waals surface area contributed by atoms with Crippen LogP contribution in [0.25, 0.3) is 0 Å². The Hall–Kier alpha value is -0.610. The standard InChI is InChI=1S/C12H15F2NS/c1-8-5-6-15-12(16-8)10-4-2-3-9(7-10)11(13)14/h2-4,7-8,11-12,15H,5-6H2,1H3. The van der Waals surface area contributed by atoms with Gasteiger partial charge in [-0.25, -0.2) is 8.78 Å². The van der Waals surface area contributed by atoms with Crippen molar-refractivity contribution in [2.24, 2.45) is 0 Å². The molecule has 1 heterocycles. The normalized spacial score (nSPS) is 26.0. The molecule has 2 atom stereocenters. The Bertz CT molecular complexity index is 357. The molecule has 88 valence electrons. The van der Waals surface area contributed by atoms with Crippen LogP contribution >= 0.6 is 11.8 Å². The van der Waals surface area contributed by atoms with Crippen molar-refractivity contribution in [2.75, 3.05) is 6.54 Å². The van der Waals surface area contributed by atoms with E-state index in [4.69, 9.17) is 0 Å². The summed E-state index contributed by atoms with van der Waals surface area (Å²) in [5.41, 5.74) is 1.06. The zero-order valence-electron chi connectivity index (χ0n) is 9.12. The van der Waals surface area contributed by atoms with Gasteiger partial charge in [0.05, 0.1) is 5.37 Å². The Kier molecular flexibility index (Phi) is 3.82. The third kappa shape index (κ3) is 2.74. The van der Waals surface area contributed by atoms with Gasteiger partial charge in [0, 0.05) is 10.8 Å². The van der Waals surface area contributed by atoms with E-state index in [0.717, 1.165) is 18.5 Å². The highest BCUT2D eigenvalue weighted by Gasteiger charge is 2.21. The molecule has 1 aliphatic rings. The van der Waals surface area contributed by atoms with Gasteiger partial charge in [0.1, 0.15) is 0 Å². The number of halogens is 2. The average Bonchev–Trinajstić information content (AvgIpc) is 2.29. The largest absolute Gasteiger partial charge is 0.302 e. The summed E-state index contributed by atoms with van der Waals surface area (Å²) in [5, 5.41) is 4.09. The fraction of sp³-hybridized carbons (Fsp3) is 0.500.